The van der Waals surface area contributed by atoms with Gasteiger partial charge >= 0.3 is 0 Å². The highest BCUT2D eigenvalue weighted by Gasteiger charge is 2.36. The second kappa shape index (κ2) is 7.82. The van der Waals surface area contributed by atoms with Crippen LogP contribution >= 0.6 is 0 Å². The molecule has 2 N–H and O–H groups in total. The van der Waals surface area contributed by atoms with Crippen molar-refractivity contribution in [3.05, 3.63) is 58.7 Å². The van der Waals surface area contributed by atoms with Crippen molar-refractivity contribution in [3.8, 4) is 0 Å². The van der Waals surface area contributed by atoms with Crippen molar-refractivity contribution in [1.82, 2.24) is 14.8 Å². The summed E-state index contributed by atoms with van der Waals surface area (Å²) in [6.45, 7) is 5.69. The van der Waals surface area contributed by atoms with Crippen LogP contribution in [0.5, 0.6) is 0 Å². The van der Waals surface area contributed by atoms with Crippen molar-refractivity contribution in [1.29, 1.82) is 0 Å². The highest BCUT2D eigenvalue weighted by atomic mass is 19.1. The number of likely N-dealkylation sites (N-methyl/N-ethyl adjacent to an activating group) is 1. The van der Waals surface area contributed by atoms with Gasteiger partial charge in [-0.1, -0.05) is 17.7 Å². The van der Waals surface area contributed by atoms with Crippen molar-refractivity contribution in [2.45, 2.75) is 51.6 Å². The molecule has 3 unspecified atom stereocenters. The lowest BCUT2D eigenvalue weighted by atomic mass is 9.84. The highest BCUT2D eigenvalue weighted by molar-refractivity contribution is 5.94. The average Bonchev–Trinajstić information content (AvgIpc) is 3.14. The number of rotatable bonds is 4. The van der Waals surface area contributed by atoms with Gasteiger partial charge in [-0.25, -0.2) is 10.2 Å². The number of amides is 1. The summed E-state index contributed by atoms with van der Waals surface area (Å²) in [5, 5.41) is 1.69. The Morgan fingerprint density at radius 1 is 1.17 bits per heavy atom. The molecule has 1 aromatic carbocycles. The molecule has 3 atom stereocenters. The Morgan fingerprint density at radius 3 is 2.62 bits per heavy atom. The van der Waals surface area contributed by atoms with Gasteiger partial charge in [0.1, 0.15) is 12.0 Å². The molecule has 0 radical (unpaired) electrons. The Kier molecular flexibility index (Phi) is 5.38. The topological polar surface area (TPSA) is 52.8 Å². The molecule has 1 fully saturated rings. The van der Waals surface area contributed by atoms with Crippen molar-refractivity contribution >= 4 is 5.91 Å². The first-order chi connectivity index (χ1) is 13.9. The van der Waals surface area contributed by atoms with Gasteiger partial charge in [0.05, 0.1) is 0 Å². The Bertz CT molecular complexity index is 847. The van der Waals surface area contributed by atoms with Crippen LogP contribution in [-0.2, 0) is 4.79 Å². The van der Waals surface area contributed by atoms with E-state index in [-0.39, 0.29) is 17.9 Å². The predicted molar refractivity (Wildman–Crippen MR) is 112 cm³/mol. The first-order valence-corrected chi connectivity index (χ1v) is 10.6. The van der Waals surface area contributed by atoms with Crippen LogP contribution in [0.15, 0.2) is 47.3 Å². The second-order valence-corrected chi connectivity index (χ2v) is 8.60. The van der Waals surface area contributed by atoms with E-state index in [9.17, 15) is 9.18 Å². The van der Waals surface area contributed by atoms with Gasteiger partial charge in [-0.2, -0.15) is 0 Å². The molecule has 1 aromatic rings. The summed E-state index contributed by atoms with van der Waals surface area (Å²) in [7, 11) is 1.81. The van der Waals surface area contributed by atoms with E-state index >= 15 is 0 Å². The molecule has 0 aromatic heterocycles. The molecule has 1 amide bonds. The molecule has 0 bridgehead atoms. The normalized spacial score (nSPS) is 27.5. The molecule has 1 saturated carbocycles. The fraction of sp³-hybridized carbons (Fsp3) is 0.522. The quantitative estimate of drug-likeness (QED) is 0.788. The van der Waals surface area contributed by atoms with Crippen LogP contribution in [-0.4, -0.2) is 47.0 Å². The van der Waals surface area contributed by atoms with Crippen LogP contribution in [0.3, 0.4) is 0 Å². The van der Waals surface area contributed by atoms with E-state index in [2.05, 4.69) is 11.1 Å². The van der Waals surface area contributed by atoms with Crippen molar-refractivity contribution in [2.24, 2.45) is 11.8 Å². The Morgan fingerprint density at radius 2 is 1.90 bits per heavy atom. The smallest absolute Gasteiger partial charge is 0.253 e. The standard InChI is InChI=1S/C23H31FN4O/c1-15-20(23(29)26(3)16(2)28(15)25)10-12-27-13-11-22-18(14-27)6-9-21(22)17-4-7-19(24)8-5-17/h4-5,7-8,14,16,21-22H,6,9-13,25H2,1-3H3. The molecule has 4 rings (SSSR count). The van der Waals surface area contributed by atoms with Gasteiger partial charge in [0, 0.05) is 31.4 Å². The number of fused-ring (bicyclic) bond motifs is 1. The number of allylic oxidation sites excluding steroid dienone is 2. The number of carbonyl (C=O) groups is 1. The van der Waals surface area contributed by atoms with Gasteiger partial charge in [0.2, 0.25) is 0 Å². The fourth-order valence-corrected chi connectivity index (χ4v) is 5.11. The van der Waals surface area contributed by atoms with Crippen molar-refractivity contribution in [3.63, 3.8) is 0 Å². The third kappa shape index (κ3) is 3.66. The van der Waals surface area contributed by atoms with E-state index < -0.39 is 0 Å². The highest BCUT2D eigenvalue weighted by Crippen LogP contribution is 2.47. The summed E-state index contributed by atoms with van der Waals surface area (Å²) in [4.78, 5) is 16.8. The zero-order chi connectivity index (χ0) is 20.7. The van der Waals surface area contributed by atoms with Crippen LogP contribution in [0.25, 0.3) is 0 Å². The second-order valence-electron chi connectivity index (χ2n) is 8.60. The van der Waals surface area contributed by atoms with Gasteiger partial charge in [0.25, 0.3) is 5.91 Å². The van der Waals surface area contributed by atoms with Gasteiger partial charge < -0.3 is 9.80 Å². The molecule has 1 aliphatic carbocycles. The monoisotopic (exact) mass is 398 g/mol. The third-order valence-corrected chi connectivity index (χ3v) is 7.09. The maximum Gasteiger partial charge on any atom is 0.253 e. The number of hydrogen-bond donors (Lipinski definition) is 1. The van der Waals surface area contributed by atoms with Crippen molar-refractivity contribution < 1.29 is 9.18 Å². The summed E-state index contributed by atoms with van der Waals surface area (Å²) in [6.07, 6.45) is 6.23. The minimum Gasteiger partial charge on any atom is -0.377 e. The number of benzene rings is 1. The number of nitrogens with two attached hydrogens (primary N) is 1. The predicted octanol–water partition coefficient (Wildman–Crippen LogP) is 3.57. The molecular formula is C23H31FN4O. The molecule has 0 saturated heterocycles. The number of hydrazine groups is 1. The molecule has 156 valence electrons. The molecule has 6 heteroatoms. The van der Waals surface area contributed by atoms with Crippen LogP contribution < -0.4 is 5.84 Å². The van der Waals surface area contributed by atoms with E-state index in [0.717, 1.165) is 43.6 Å². The summed E-state index contributed by atoms with van der Waals surface area (Å²) in [5.41, 5.74) is 4.43. The third-order valence-electron chi connectivity index (χ3n) is 7.09. The molecule has 2 heterocycles. The molecule has 3 aliphatic rings. The number of hydrogen-bond acceptors (Lipinski definition) is 4. The van der Waals surface area contributed by atoms with Crippen LogP contribution in [0, 0.1) is 11.7 Å². The zero-order valence-electron chi connectivity index (χ0n) is 17.6. The minimum atomic E-state index is -0.171. The lowest BCUT2D eigenvalue weighted by Crippen LogP contribution is -2.54. The lowest BCUT2D eigenvalue weighted by molar-refractivity contribution is -0.133. The molecule has 2 aliphatic heterocycles. The Labute approximate surface area is 172 Å². The molecule has 5 nitrogen and oxygen atoms in total. The van der Waals surface area contributed by atoms with Crippen LogP contribution in [0.1, 0.15) is 51.0 Å². The van der Waals surface area contributed by atoms with Gasteiger partial charge in [-0.05, 0) is 75.3 Å². The SMILES string of the molecule is CC1=C(CCN2C=C3CCC(c4ccc(F)cc4)C3CC2)C(=O)N(C)C(C)N1N. The summed E-state index contributed by atoms with van der Waals surface area (Å²) >= 11 is 0. The molecular weight excluding hydrogens is 367 g/mol. The van der Waals surface area contributed by atoms with Gasteiger partial charge in [-0.15, -0.1) is 0 Å². The zero-order valence-corrected chi connectivity index (χ0v) is 17.6. The first-order valence-electron chi connectivity index (χ1n) is 10.6. The summed E-state index contributed by atoms with van der Waals surface area (Å²) in [6, 6.07) is 7.02. The van der Waals surface area contributed by atoms with E-state index in [1.807, 2.05) is 26.0 Å². The lowest BCUT2D eigenvalue weighted by Gasteiger charge is -2.40. The first kappa shape index (κ1) is 20.0. The average molecular weight is 399 g/mol. The largest absolute Gasteiger partial charge is 0.377 e. The van der Waals surface area contributed by atoms with Crippen LogP contribution in [0.4, 0.5) is 4.39 Å². The van der Waals surface area contributed by atoms with Crippen molar-refractivity contribution in [2.75, 3.05) is 20.1 Å². The van der Waals surface area contributed by atoms with E-state index in [4.69, 9.17) is 5.84 Å². The maximum atomic E-state index is 13.3. The summed E-state index contributed by atoms with van der Waals surface area (Å²) in [5.74, 6) is 7.12. The number of carbonyl (C=O) groups excluding carboxylic acids is 1. The van der Waals surface area contributed by atoms with Gasteiger partial charge in [0.15, 0.2) is 0 Å². The maximum absolute atomic E-state index is 13.3. The number of halogens is 1. The molecule has 29 heavy (non-hydrogen) atoms. The molecule has 0 spiro atoms. The van der Waals surface area contributed by atoms with E-state index in [1.165, 1.54) is 11.1 Å². The fourth-order valence-electron chi connectivity index (χ4n) is 5.11. The summed E-state index contributed by atoms with van der Waals surface area (Å²) < 4.78 is 13.3. The minimum absolute atomic E-state index is 0.0801. The van der Waals surface area contributed by atoms with E-state index in [0.29, 0.717) is 18.3 Å². The Hall–Kier alpha value is -2.34. The Balaban J connectivity index is 1.43. The van der Waals surface area contributed by atoms with Crippen LogP contribution in [0.2, 0.25) is 0 Å². The van der Waals surface area contributed by atoms with Gasteiger partial charge in [-0.3, -0.25) is 9.80 Å². The number of nitrogens with zero attached hydrogens (tertiary/aromatic N) is 3. The van der Waals surface area contributed by atoms with E-state index in [1.54, 1.807) is 29.1 Å².